The summed E-state index contributed by atoms with van der Waals surface area (Å²) in [5.74, 6) is 0. The minimum Gasteiger partial charge on any atom is -0.456 e. The van der Waals surface area contributed by atoms with Crippen molar-refractivity contribution in [3.8, 4) is 44.5 Å². The second-order valence-electron chi connectivity index (χ2n) is 16.4. The summed E-state index contributed by atoms with van der Waals surface area (Å²) in [6, 6.07) is 82.3. The molecule has 0 aliphatic heterocycles. The second kappa shape index (κ2) is 13.0. The van der Waals surface area contributed by atoms with E-state index in [2.05, 4.69) is 229 Å². The first-order valence-electron chi connectivity index (χ1n) is 21.1. The van der Waals surface area contributed by atoms with Crippen LogP contribution in [0.5, 0.6) is 0 Å². The van der Waals surface area contributed by atoms with Crippen LogP contribution in [-0.2, 0) is 5.41 Å². The molecule has 61 heavy (non-hydrogen) atoms. The lowest BCUT2D eigenvalue weighted by atomic mass is 9.70. The average molecular weight is 776 g/mol. The van der Waals surface area contributed by atoms with Gasteiger partial charge in [0.15, 0.2) is 0 Å². The number of hydrogen-bond donors (Lipinski definition) is 0. The molecule has 0 amide bonds. The van der Waals surface area contributed by atoms with Gasteiger partial charge in [0.2, 0.25) is 0 Å². The van der Waals surface area contributed by atoms with Gasteiger partial charge in [0.1, 0.15) is 11.2 Å². The van der Waals surface area contributed by atoms with Crippen LogP contribution in [0.2, 0.25) is 0 Å². The number of benzene rings is 10. The van der Waals surface area contributed by atoms with Crippen molar-refractivity contribution in [2.45, 2.75) is 5.41 Å². The zero-order valence-corrected chi connectivity index (χ0v) is 33.2. The van der Waals surface area contributed by atoms with E-state index >= 15 is 0 Å². The molecule has 10 aromatic carbocycles. The van der Waals surface area contributed by atoms with Crippen LogP contribution in [0, 0.1) is 0 Å². The largest absolute Gasteiger partial charge is 0.456 e. The molecule has 0 atom stereocenters. The SMILES string of the molecule is c1ccc(-c2ccc(N(c3ccc4c(c3)-c3ccccc3C43c4ccccc4-c4ccccc43)c3ccc4oc5ccccc5c4c3-c3ccc4ccccc4c3)cc2)cc1. The molecule has 0 saturated carbocycles. The normalized spacial score (nSPS) is 13.0. The first-order valence-corrected chi connectivity index (χ1v) is 21.1. The fourth-order valence-electron chi connectivity index (χ4n) is 10.7. The molecule has 2 nitrogen and oxygen atoms in total. The van der Waals surface area contributed by atoms with E-state index in [1.807, 2.05) is 0 Å². The lowest BCUT2D eigenvalue weighted by Gasteiger charge is -2.31. The van der Waals surface area contributed by atoms with Crippen molar-refractivity contribution in [3.63, 3.8) is 0 Å². The molecule has 0 saturated heterocycles. The van der Waals surface area contributed by atoms with E-state index in [1.165, 1.54) is 66.4 Å². The van der Waals surface area contributed by atoms with E-state index < -0.39 is 5.41 Å². The summed E-state index contributed by atoms with van der Waals surface area (Å²) in [6.45, 7) is 0. The summed E-state index contributed by atoms with van der Waals surface area (Å²) in [4.78, 5) is 2.46. The summed E-state index contributed by atoms with van der Waals surface area (Å²) >= 11 is 0. The molecule has 0 N–H and O–H groups in total. The Morgan fingerprint density at radius 1 is 0.344 bits per heavy atom. The van der Waals surface area contributed by atoms with Gasteiger partial charge in [-0.3, -0.25) is 0 Å². The van der Waals surface area contributed by atoms with E-state index in [0.29, 0.717) is 0 Å². The smallest absolute Gasteiger partial charge is 0.136 e. The standard InChI is InChI=1S/C59H37NO/c1-2-14-38(15-3-1)40-28-30-43(31-29-40)60(54-34-35-56-58(48-21-9-13-25-55(48)61-56)57(54)42-27-26-39-16-4-5-17-41(39)36-42)44-32-33-53-49(37-44)47-20-8-12-24-52(47)59(53)50-22-10-6-18-45(50)46-19-7-11-23-51(46)59/h1-37H. The van der Waals surface area contributed by atoms with E-state index in [-0.39, 0.29) is 0 Å². The van der Waals surface area contributed by atoms with Gasteiger partial charge in [0.25, 0.3) is 0 Å². The Morgan fingerprint density at radius 2 is 0.902 bits per heavy atom. The average Bonchev–Trinajstić information content (AvgIpc) is 3.96. The minimum absolute atomic E-state index is 0.412. The van der Waals surface area contributed by atoms with Crippen LogP contribution in [0.3, 0.4) is 0 Å². The molecule has 2 aliphatic carbocycles. The fraction of sp³-hybridized carbons (Fsp3) is 0.0169. The Balaban J connectivity index is 1.10. The molecule has 284 valence electrons. The summed E-state index contributed by atoms with van der Waals surface area (Å²) in [5.41, 5.74) is 19.7. The maximum atomic E-state index is 6.60. The summed E-state index contributed by atoms with van der Waals surface area (Å²) in [7, 11) is 0. The van der Waals surface area contributed by atoms with Crippen molar-refractivity contribution in [1.82, 2.24) is 0 Å². The highest BCUT2D eigenvalue weighted by atomic mass is 16.3. The lowest BCUT2D eigenvalue weighted by Crippen LogP contribution is -2.25. The summed E-state index contributed by atoms with van der Waals surface area (Å²) in [5, 5.41) is 4.63. The fourth-order valence-corrected chi connectivity index (χ4v) is 10.7. The highest BCUT2D eigenvalue weighted by molar-refractivity contribution is 6.17. The topological polar surface area (TPSA) is 16.4 Å². The van der Waals surface area contributed by atoms with E-state index in [1.54, 1.807) is 0 Å². The molecule has 0 bridgehead atoms. The molecule has 11 aromatic rings. The first kappa shape index (κ1) is 34.0. The highest BCUT2D eigenvalue weighted by Crippen LogP contribution is 2.63. The maximum Gasteiger partial charge on any atom is 0.136 e. The lowest BCUT2D eigenvalue weighted by molar-refractivity contribution is 0.669. The van der Waals surface area contributed by atoms with Gasteiger partial charge in [-0.15, -0.1) is 0 Å². The van der Waals surface area contributed by atoms with Gasteiger partial charge in [-0.1, -0.05) is 176 Å². The van der Waals surface area contributed by atoms with Crippen molar-refractivity contribution in [1.29, 1.82) is 0 Å². The number of para-hydroxylation sites is 1. The Morgan fingerprint density at radius 3 is 1.64 bits per heavy atom. The van der Waals surface area contributed by atoms with Crippen molar-refractivity contribution in [2.24, 2.45) is 0 Å². The summed E-state index contributed by atoms with van der Waals surface area (Å²) < 4.78 is 6.60. The molecule has 13 rings (SSSR count). The van der Waals surface area contributed by atoms with Crippen LogP contribution in [0.25, 0.3) is 77.2 Å². The third-order valence-corrected chi connectivity index (χ3v) is 13.3. The van der Waals surface area contributed by atoms with Gasteiger partial charge in [-0.05, 0) is 121 Å². The van der Waals surface area contributed by atoms with Gasteiger partial charge in [0, 0.05) is 27.7 Å². The molecular formula is C59H37NO. The van der Waals surface area contributed by atoms with Crippen LogP contribution in [0.1, 0.15) is 22.3 Å². The highest BCUT2D eigenvalue weighted by Gasteiger charge is 2.51. The number of rotatable bonds is 5. The first-order chi connectivity index (χ1) is 30.3. The molecule has 1 heterocycles. The van der Waals surface area contributed by atoms with Crippen LogP contribution in [0.15, 0.2) is 229 Å². The monoisotopic (exact) mass is 775 g/mol. The third kappa shape index (κ3) is 4.85. The van der Waals surface area contributed by atoms with Crippen molar-refractivity contribution in [2.75, 3.05) is 4.90 Å². The van der Waals surface area contributed by atoms with Crippen LogP contribution >= 0.6 is 0 Å². The number of furan rings is 1. The molecule has 0 unspecified atom stereocenters. The zero-order valence-electron chi connectivity index (χ0n) is 33.2. The van der Waals surface area contributed by atoms with Crippen molar-refractivity contribution < 1.29 is 4.42 Å². The second-order valence-corrected chi connectivity index (χ2v) is 16.4. The van der Waals surface area contributed by atoms with Crippen LogP contribution in [0.4, 0.5) is 17.1 Å². The predicted octanol–water partition coefficient (Wildman–Crippen LogP) is 15.9. The minimum atomic E-state index is -0.412. The number of fused-ring (bicyclic) bond motifs is 14. The van der Waals surface area contributed by atoms with E-state index in [9.17, 15) is 0 Å². The van der Waals surface area contributed by atoms with Gasteiger partial charge in [0.05, 0.1) is 11.1 Å². The van der Waals surface area contributed by atoms with Gasteiger partial charge < -0.3 is 9.32 Å². The van der Waals surface area contributed by atoms with Crippen molar-refractivity contribution >= 4 is 49.8 Å². The Labute approximate surface area is 354 Å². The van der Waals surface area contributed by atoms with Gasteiger partial charge >= 0.3 is 0 Å². The van der Waals surface area contributed by atoms with Gasteiger partial charge in [-0.25, -0.2) is 0 Å². The third-order valence-electron chi connectivity index (χ3n) is 13.3. The van der Waals surface area contributed by atoms with E-state index in [4.69, 9.17) is 4.42 Å². The number of anilines is 3. The Kier molecular flexibility index (Phi) is 7.26. The molecule has 1 aromatic heterocycles. The van der Waals surface area contributed by atoms with E-state index in [0.717, 1.165) is 50.1 Å². The summed E-state index contributed by atoms with van der Waals surface area (Å²) in [6.07, 6.45) is 0. The Hall–Kier alpha value is -7.94. The predicted molar refractivity (Wildman–Crippen MR) is 253 cm³/mol. The number of nitrogens with zero attached hydrogens (tertiary/aromatic N) is 1. The molecule has 0 radical (unpaired) electrons. The van der Waals surface area contributed by atoms with Crippen LogP contribution < -0.4 is 4.90 Å². The zero-order chi connectivity index (χ0) is 40.1. The molecular weight excluding hydrogens is 739 g/mol. The molecule has 2 aliphatic rings. The molecule has 1 spiro atoms. The Bertz CT molecular complexity index is 3490. The van der Waals surface area contributed by atoms with Crippen molar-refractivity contribution in [3.05, 3.63) is 247 Å². The quantitative estimate of drug-likeness (QED) is 0.173. The maximum absolute atomic E-state index is 6.60. The van der Waals surface area contributed by atoms with Crippen LogP contribution in [-0.4, -0.2) is 0 Å². The molecule has 2 heteroatoms. The molecule has 0 fully saturated rings. The van der Waals surface area contributed by atoms with Gasteiger partial charge in [-0.2, -0.15) is 0 Å². The number of hydrogen-bond acceptors (Lipinski definition) is 2.